The molecule has 0 spiro atoms. The van der Waals surface area contributed by atoms with Crippen molar-refractivity contribution in [3.8, 4) is 0 Å². The highest BCUT2D eigenvalue weighted by molar-refractivity contribution is 7.18. The van der Waals surface area contributed by atoms with Gasteiger partial charge < -0.3 is 9.64 Å². The minimum absolute atomic E-state index is 0.405. The molecular weight excluding hydrogens is 246 g/mol. The normalized spacial score (nSPS) is 17.6. The molecule has 1 aliphatic heterocycles. The number of rotatable bonds is 2. The summed E-state index contributed by atoms with van der Waals surface area (Å²) in [4.78, 5) is 13.6. The largest absolute Gasteiger partial charge is 0.381 e. The van der Waals surface area contributed by atoms with Crippen LogP contribution in [-0.2, 0) is 4.74 Å². The van der Waals surface area contributed by atoms with Gasteiger partial charge in [-0.1, -0.05) is 0 Å². The zero-order valence-corrected chi connectivity index (χ0v) is 11.5. The van der Waals surface area contributed by atoms with Crippen molar-refractivity contribution in [3.05, 3.63) is 17.3 Å². The number of ether oxygens (including phenoxy) is 1. The Morgan fingerprint density at radius 1 is 1.33 bits per heavy atom. The predicted octanol–water partition coefficient (Wildman–Crippen LogP) is 2.61. The average Bonchev–Trinajstić information content (AvgIpc) is 2.79. The van der Waals surface area contributed by atoms with Gasteiger partial charge in [0.1, 0.15) is 17.0 Å². The molecule has 96 valence electrons. The topological polar surface area (TPSA) is 38.2 Å². The van der Waals surface area contributed by atoms with Crippen LogP contribution >= 0.6 is 11.3 Å². The van der Waals surface area contributed by atoms with E-state index < -0.39 is 0 Å². The SMILES string of the molecule is COC1CCN(c2ncnc3sc(C)cc23)CC1. The fourth-order valence-electron chi connectivity index (χ4n) is 2.52. The first kappa shape index (κ1) is 11.9. The molecule has 0 aliphatic carbocycles. The van der Waals surface area contributed by atoms with E-state index in [9.17, 15) is 0 Å². The van der Waals surface area contributed by atoms with Crippen LogP contribution in [0.25, 0.3) is 10.2 Å². The van der Waals surface area contributed by atoms with Gasteiger partial charge in [0.25, 0.3) is 0 Å². The van der Waals surface area contributed by atoms with Crippen molar-refractivity contribution < 1.29 is 4.74 Å². The van der Waals surface area contributed by atoms with E-state index in [1.165, 1.54) is 10.3 Å². The lowest BCUT2D eigenvalue weighted by Crippen LogP contribution is -2.37. The molecule has 0 atom stereocenters. The number of fused-ring (bicyclic) bond motifs is 1. The average molecular weight is 263 g/mol. The van der Waals surface area contributed by atoms with Gasteiger partial charge in [0, 0.05) is 25.1 Å². The molecule has 0 unspecified atom stereocenters. The van der Waals surface area contributed by atoms with E-state index in [0.29, 0.717) is 6.10 Å². The van der Waals surface area contributed by atoms with E-state index >= 15 is 0 Å². The molecule has 1 saturated heterocycles. The van der Waals surface area contributed by atoms with E-state index in [-0.39, 0.29) is 0 Å². The summed E-state index contributed by atoms with van der Waals surface area (Å²) in [5, 5.41) is 1.19. The Labute approximate surface area is 111 Å². The second-order valence-corrected chi connectivity index (χ2v) is 5.93. The van der Waals surface area contributed by atoms with Gasteiger partial charge in [-0.15, -0.1) is 11.3 Å². The molecule has 1 aliphatic rings. The highest BCUT2D eigenvalue weighted by atomic mass is 32.1. The van der Waals surface area contributed by atoms with E-state index in [1.54, 1.807) is 24.8 Å². The number of piperidine rings is 1. The lowest BCUT2D eigenvalue weighted by molar-refractivity contribution is 0.0818. The number of methoxy groups -OCH3 is 1. The summed E-state index contributed by atoms with van der Waals surface area (Å²) < 4.78 is 5.41. The molecule has 1 fully saturated rings. The second-order valence-electron chi connectivity index (χ2n) is 4.70. The summed E-state index contributed by atoms with van der Waals surface area (Å²) in [5.41, 5.74) is 0. The van der Waals surface area contributed by atoms with Crippen molar-refractivity contribution in [2.75, 3.05) is 25.1 Å². The molecule has 2 aromatic heterocycles. The Morgan fingerprint density at radius 3 is 2.83 bits per heavy atom. The molecule has 0 aromatic carbocycles. The predicted molar refractivity (Wildman–Crippen MR) is 74.4 cm³/mol. The van der Waals surface area contributed by atoms with Crippen molar-refractivity contribution in [2.45, 2.75) is 25.9 Å². The smallest absolute Gasteiger partial charge is 0.140 e. The molecule has 0 N–H and O–H groups in total. The summed E-state index contributed by atoms with van der Waals surface area (Å²) >= 11 is 1.73. The summed E-state index contributed by atoms with van der Waals surface area (Å²) in [6.07, 6.45) is 4.23. The highest BCUT2D eigenvalue weighted by Crippen LogP contribution is 2.31. The molecule has 0 bridgehead atoms. The van der Waals surface area contributed by atoms with Crippen LogP contribution in [0.15, 0.2) is 12.4 Å². The van der Waals surface area contributed by atoms with Gasteiger partial charge in [0.15, 0.2) is 0 Å². The fourth-order valence-corrected chi connectivity index (χ4v) is 3.36. The third-order valence-electron chi connectivity index (χ3n) is 3.51. The maximum absolute atomic E-state index is 5.41. The van der Waals surface area contributed by atoms with E-state index in [1.807, 2.05) is 0 Å². The van der Waals surface area contributed by atoms with Gasteiger partial charge in [-0.05, 0) is 25.8 Å². The first-order valence-corrected chi connectivity index (χ1v) is 7.08. The summed E-state index contributed by atoms with van der Waals surface area (Å²) in [6, 6.07) is 2.19. The molecule has 3 heterocycles. The monoisotopic (exact) mass is 263 g/mol. The van der Waals surface area contributed by atoms with Crippen LogP contribution in [0.5, 0.6) is 0 Å². The molecule has 2 aromatic rings. The first-order chi connectivity index (χ1) is 8.78. The Kier molecular flexibility index (Phi) is 3.18. The van der Waals surface area contributed by atoms with Crippen LogP contribution in [0.3, 0.4) is 0 Å². The van der Waals surface area contributed by atoms with Crippen molar-refractivity contribution in [1.82, 2.24) is 9.97 Å². The van der Waals surface area contributed by atoms with Gasteiger partial charge in [0.05, 0.1) is 11.5 Å². The quantitative estimate of drug-likeness (QED) is 0.835. The molecule has 4 nitrogen and oxygen atoms in total. The van der Waals surface area contributed by atoms with E-state index in [0.717, 1.165) is 36.6 Å². The Morgan fingerprint density at radius 2 is 2.11 bits per heavy atom. The third kappa shape index (κ3) is 2.08. The van der Waals surface area contributed by atoms with Gasteiger partial charge >= 0.3 is 0 Å². The van der Waals surface area contributed by atoms with Crippen LogP contribution in [0, 0.1) is 6.92 Å². The van der Waals surface area contributed by atoms with Crippen LogP contribution < -0.4 is 4.90 Å². The Hall–Kier alpha value is -1.20. The number of nitrogens with zero attached hydrogens (tertiary/aromatic N) is 3. The lowest BCUT2D eigenvalue weighted by atomic mass is 10.1. The van der Waals surface area contributed by atoms with Crippen LogP contribution in [0.2, 0.25) is 0 Å². The Balaban J connectivity index is 1.90. The van der Waals surface area contributed by atoms with Crippen LogP contribution in [0.1, 0.15) is 17.7 Å². The zero-order valence-electron chi connectivity index (χ0n) is 10.7. The zero-order chi connectivity index (χ0) is 12.5. The summed E-state index contributed by atoms with van der Waals surface area (Å²) in [6.45, 7) is 4.15. The minimum atomic E-state index is 0.405. The van der Waals surface area contributed by atoms with Crippen molar-refractivity contribution in [2.24, 2.45) is 0 Å². The maximum Gasteiger partial charge on any atom is 0.140 e. The molecule has 0 radical (unpaired) electrons. The lowest BCUT2D eigenvalue weighted by Gasteiger charge is -2.32. The molecule has 0 saturated carbocycles. The molecule has 0 amide bonds. The van der Waals surface area contributed by atoms with Crippen LogP contribution in [0.4, 0.5) is 5.82 Å². The van der Waals surface area contributed by atoms with E-state index in [2.05, 4.69) is 27.9 Å². The Bertz CT molecular complexity index is 546. The van der Waals surface area contributed by atoms with Crippen molar-refractivity contribution >= 4 is 27.4 Å². The number of thiophene rings is 1. The van der Waals surface area contributed by atoms with E-state index in [4.69, 9.17) is 4.74 Å². The number of aryl methyl sites for hydroxylation is 1. The van der Waals surface area contributed by atoms with Gasteiger partial charge in [-0.2, -0.15) is 0 Å². The van der Waals surface area contributed by atoms with Crippen LogP contribution in [-0.4, -0.2) is 36.3 Å². The number of anilines is 1. The van der Waals surface area contributed by atoms with Gasteiger partial charge in [-0.3, -0.25) is 0 Å². The van der Waals surface area contributed by atoms with Crippen molar-refractivity contribution in [1.29, 1.82) is 0 Å². The molecular formula is C13H17N3OS. The van der Waals surface area contributed by atoms with Crippen molar-refractivity contribution in [3.63, 3.8) is 0 Å². The number of hydrogen-bond donors (Lipinski definition) is 0. The minimum Gasteiger partial charge on any atom is -0.381 e. The number of aromatic nitrogens is 2. The van der Waals surface area contributed by atoms with Gasteiger partial charge in [-0.25, -0.2) is 9.97 Å². The summed E-state index contributed by atoms with van der Waals surface area (Å²) in [5.74, 6) is 1.08. The number of hydrogen-bond acceptors (Lipinski definition) is 5. The molecule has 18 heavy (non-hydrogen) atoms. The fraction of sp³-hybridized carbons (Fsp3) is 0.538. The molecule has 3 rings (SSSR count). The second kappa shape index (κ2) is 4.82. The third-order valence-corrected chi connectivity index (χ3v) is 4.46. The highest BCUT2D eigenvalue weighted by Gasteiger charge is 2.21. The standard InChI is InChI=1S/C13H17N3OS/c1-9-7-11-12(14-8-15-13(11)18-9)16-5-3-10(17-2)4-6-16/h7-8,10H,3-6H2,1-2H3. The first-order valence-electron chi connectivity index (χ1n) is 6.27. The molecule has 5 heteroatoms. The van der Waals surface area contributed by atoms with Gasteiger partial charge in [0.2, 0.25) is 0 Å². The maximum atomic E-state index is 5.41. The summed E-state index contributed by atoms with van der Waals surface area (Å²) in [7, 11) is 1.80.